The largest absolute Gasteiger partial charge is 0.344 e. The Bertz CT molecular complexity index is 1660. The molecule has 0 fully saturated rings. The molecule has 4 aromatic rings. The zero-order valence-corrected chi connectivity index (χ0v) is 22.2. The number of aromatic nitrogens is 2. The van der Waals surface area contributed by atoms with E-state index in [0.29, 0.717) is 28.8 Å². The standard InChI is InChI=1S/C25H23F2N5O5S2/c1-14(28-23(33)10-15-8-17(26)11-18(27)9-15)24(34)29-19-4-2-16(3-5-19)20-12-32-21-6-7-31(39(35,36)37)13-22(21)38-25(32)30-20/h2-5,8-9,11-12,14H,6-7,10,13H2,1H3,(H,28,33)(H,29,34)(H,35,36,37)/t14-/m1/s1. The first-order valence-corrected chi connectivity index (χ1v) is 14.1. The summed E-state index contributed by atoms with van der Waals surface area (Å²) in [7, 11) is -4.25. The van der Waals surface area contributed by atoms with Crippen LogP contribution in [0.5, 0.6) is 0 Å². The maximum atomic E-state index is 13.3. The number of hydrogen-bond donors (Lipinski definition) is 3. The van der Waals surface area contributed by atoms with Gasteiger partial charge in [-0.2, -0.15) is 12.7 Å². The van der Waals surface area contributed by atoms with Crippen molar-refractivity contribution in [2.75, 3.05) is 11.9 Å². The van der Waals surface area contributed by atoms with Gasteiger partial charge in [-0.25, -0.2) is 13.8 Å². The van der Waals surface area contributed by atoms with Crippen molar-refractivity contribution in [3.8, 4) is 11.3 Å². The SMILES string of the molecule is C[C@@H](NC(=O)Cc1cc(F)cc(F)c1)C(=O)Nc1ccc(-c2cn3c4c(sc3n2)CN(S(=O)(=O)O)CC4)cc1. The van der Waals surface area contributed by atoms with E-state index in [1.165, 1.54) is 18.3 Å². The molecule has 0 spiro atoms. The third kappa shape index (κ3) is 5.98. The molecule has 5 rings (SSSR count). The maximum Gasteiger partial charge on any atom is 0.336 e. The Labute approximate surface area is 226 Å². The Morgan fingerprint density at radius 2 is 1.85 bits per heavy atom. The molecule has 2 amide bonds. The molecular weight excluding hydrogens is 552 g/mol. The highest BCUT2D eigenvalue weighted by atomic mass is 32.2. The van der Waals surface area contributed by atoms with Gasteiger partial charge in [0.2, 0.25) is 11.8 Å². The lowest BCUT2D eigenvalue weighted by atomic mass is 10.1. The molecule has 0 bridgehead atoms. The van der Waals surface area contributed by atoms with Gasteiger partial charge < -0.3 is 10.6 Å². The lowest BCUT2D eigenvalue weighted by Gasteiger charge is -2.22. The molecule has 10 nitrogen and oxygen atoms in total. The van der Waals surface area contributed by atoms with Crippen molar-refractivity contribution in [3.05, 3.63) is 76.4 Å². The molecule has 1 aliphatic heterocycles. The number of rotatable bonds is 7. The van der Waals surface area contributed by atoms with Crippen LogP contribution in [0.4, 0.5) is 14.5 Å². The van der Waals surface area contributed by atoms with Crippen LogP contribution in [0.3, 0.4) is 0 Å². The van der Waals surface area contributed by atoms with E-state index in [1.54, 1.807) is 24.3 Å². The van der Waals surface area contributed by atoms with Crippen LogP contribution in [0.2, 0.25) is 0 Å². The predicted octanol–water partition coefficient (Wildman–Crippen LogP) is 3.19. The summed E-state index contributed by atoms with van der Waals surface area (Å²) in [6.07, 6.45) is 2.04. The number of nitrogens with one attached hydrogen (secondary N) is 2. The number of benzene rings is 2. The molecule has 2 aromatic carbocycles. The van der Waals surface area contributed by atoms with Gasteiger partial charge >= 0.3 is 10.3 Å². The Hall–Kier alpha value is -3.72. The number of anilines is 1. The molecule has 0 saturated heterocycles. The number of carbonyl (C=O) groups excluding carboxylic acids is 2. The van der Waals surface area contributed by atoms with Crippen LogP contribution in [0, 0.1) is 11.6 Å². The molecule has 3 heterocycles. The van der Waals surface area contributed by atoms with E-state index in [-0.39, 0.29) is 25.1 Å². The van der Waals surface area contributed by atoms with Gasteiger partial charge in [-0.1, -0.05) is 23.5 Å². The van der Waals surface area contributed by atoms with Gasteiger partial charge in [-0.15, -0.1) is 0 Å². The van der Waals surface area contributed by atoms with Crippen molar-refractivity contribution in [3.63, 3.8) is 0 Å². The number of fused-ring (bicyclic) bond motifs is 3. The topological polar surface area (TPSA) is 133 Å². The average molecular weight is 576 g/mol. The fourth-order valence-electron chi connectivity index (χ4n) is 4.35. The summed E-state index contributed by atoms with van der Waals surface area (Å²) in [6, 6.07) is 8.92. The number of thiazole rings is 1. The Morgan fingerprint density at radius 3 is 2.51 bits per heavy atom. The van der Waals surface area contributed by atoms with Gasteiger partial charge in [-0.3, -0.25) is 18.5 Å². The zero-order chi connectivity index (χ0) is 27.9. The molecule has 14 heteroatoms. The van der Waals surface area contributed by atoms with Crippen molar-refractivity contribution < 1.29 is 31.3 Å². The third-order valence-corrected chi connectivity index (χ3v) is 8.30. The van der Waals surface area contributed by atoms with Crippen LogP contribution in [0.25, 0.3) is 16.2 Å². The van der Waals surface area contributed by atoms with E-state index in [2.05, 4.69) is 15.6 Å². The number of hydrogen-bond acceptors (Lipinski definition) is 6. The van der Waals surface area contributed by atoms with Gasteiger partial charge in [0, 0.05) is 47.1 Å². The maximum absolute atomic E-state index is 13.3. The zero-order valence-electron chi connectivity index (χ0n) is 20.5. The number of imidazole rings is 1. The second-order valence-electron chi connectivity index (χ2n) is 9.12. The number of carbonyl (C=O) groups is 2. The molecule has 2 aromatic heterocycles. The molecule has 0 radical (unpaired) electrons. The van der Waals surface area contributed by atoms with E-state index in [1.807, 2.05) is 10.6 Å². The minimum absolute atomic E-state index is 0.105. The molecule has 0 aliphatic carbocycles. The first-order chi connectivity index (χ1) is 18.5. The first-order valence-electron chi connectivity index (χ1n) is 11.8. The molecular formula is C25H23F2N5O5S2. The van der Waals surface area contributed by atoms with Gasteiger partial charge in [0.05, 0.1) is 18.7 Å². The summed E-state index contributed by atoms with van der Waals surface area (Å²) >= 11 is 1.36. The molecule has 0 saturated carbocycles. The van der Waals surface area contributed by atoms with Crippen molar-refractivity contribution in [1.29, 1.82) is 0 Å². The smallest absolute Gasteiger partial charge is 0.336 e. The molecule has 39 heavy (non-hydrogen) atoms. The first kappa shape index (κ1) is 26.9. The number of halogens is 2. The highest BCUT2D eigenvalue weighted by Gasteiger charge is 2.28. The van der Waals surface area contributed by atoms with Gasteiger partial charge in [-0.05, 0) is 36.8 Å². The van der Waals surface area contributed by atoms with Crippen LogP contribution in [-0.2, 0) is 39.3 Å². The fraction of sp³-hybridized carbons (Fsp3) is 0.240. The summed E-state index contributed by atoms with van der Waals surface area (Å²) in [4.78, 5) is 30.9. The number of nitrogens with zero attached hydrogens (tertiary/aromatic N) is 3. The van der Waals surface area contributed by atoms with Crippen LogP contribution in [0.15, 0.2) is 48.7 Å². The van der Waals surface area contributed by atoms with Crippen LogP contribution < -0.4 is 10.6 Å². The fourth-order valence-corrected chi connectivity index (χ4v) is 6.21. The molecule has 1 atom stereocenters. The normalized spacial score (nSPS) is 14.7. The predicted molar refractivity (Wildman–Crippen MR) is 140 cm³/mol. The Balaban J connectivity index is 1.20. The van der Waals surface area contributed by atoms with Crippen LogP contribution in [0.1, 0.15) is 23.1 Å². The monoisotopic (exact) mass is 575 g/mol. The van der Waals surface area contributed by atoms with Gasteiger partial charge in [0.15, 0.2) is 4.96 Å². The van der Waals surface area contributed by atoms with E-state index in [0.717, 1.165) is 32.6 Å². The van der Waals surface area contributed by atoms with Crippen molar-refractivity contribution in [2.45, 2.75) is 32.4 Å². The van der Waals surface area contributed by atoms with E-state index in [4.69, 9.17) is 0 Å². The Kier molecular flexibility index (Phi) is 7.20. The van der Waals surface area contributed by atoms with Gasteiger partial charge in [0.1, 0.15) is 17.7 Å². The summed E-state index contributed by atoms with van der Waals surface area (Å²) in [5, 5.41) is 5.23. The highest BCUT2D eigenvalue weighted by molar-refractivity contribution is 7.83. The third-order valence-electron chi connectivity index (χ3n) is 6.25. The Morgan fingerprint density at radius 1 is 1.15 bits per heavy atom. The quantitative estimate of drug-likeness (QED) is 0.290. The second-order valence-corrected chi connectivity index (χ2v) is 11.6. The van der Waals surface area contributed by atoms with E-state index >= 15 is 0 Å². The lowest BCUT2D eigenvalue weighted by molar-refractivity contribution is -0.125. The summed E-state index contributed by atoms with van der Waals surface area (Å²) in [5.41, 5.74) is 3.12. The summed E-state index contributed by atoms with van der Waals surface area (Å²) in [5.74, 6) is -2.58. The molecule has 1 aliphatic rings. The second kappa shape index (κ2) is 10.4. The van der Waals surface area contributed by atoms with Crippen molar-refractivity contribution in [1.82, 2.24) is 19.0 Å². The minimum atomic E-state index is -4.25. The lowest BCUT2D eigenvalue weighted by Crippen LogP contribution is -2.42. The average Bonchev–Trinajstić information content (AvgIpc) is 3.41. The number of amides is 2. The molecule has 3 N–H and O–H groups in total. The minimum Gasteiger partial charge on any atom is -0.344 e. The van der Waals surface area contributed by atoms with E-state index < -0.39 is 39.8 Å². The van der Waals surface area contributed by atoms with Crippen molar-refractivity contribution >= 4 is 44.1 Å². The molecule has 0 unspecified atom stereocenters. The van der Waals surface area contributed by atoms with E-state index in [9.17, 15) is 31.3 Å². The van der Waals surface area contributed by atoms with Crippen LogP contribution >= 0.6 is 11.3 Å². The highest BCUT2D eigenvalue weighted by Crippen LogP contribution is 2.32. The summed E-state index contributed by atoms with van der Waals surface area (Å²) in [6.45, 7) is 1.79. The summed E-state index contributed by atoms with van der Waals surface area (Å²) < 4.78 is 61.8. The molecule has 204 valence electrons. The van der Waals surface area contributed by atoms with Crippen LogP contribution in [-0.4, -0.2) is 51.1 Å². The van der Waals surface area contributed by atoms with Gasteiger partial charge in [0.25, 0.3) is 0 Å². The van der Waals surface area contributed by atoms with Crippen molar-refractivity contribution in [2.24, 2.45) is 0 Å².